The fraction of sp³-hybridized carbons (Fsp3) is 0.750. The molecular formula is C8H10O6. The Morgan fingerprint density at radius 2 is 1.50 bits per heavy atom. The number of hydrogen-bond donors (Lipinski definition) is 2. The second kappa shape index (κ2) is 2.93. The average Bonchev–Trinajstić information content (AvgIpc) is 2.17. The van der Waals surface area contributed by atoms with Crippen molar-refractivity contribution in [2.75, 3.05) is 0 Å². The SMILES string of the molecule is O=C1OC2(CCC2)OC(=O)C(O)C1O. The summed E-state index contributed by atoms with van der Waals surface area (Å²) < 4.78 is 9.59. The van der Waals surface area contributed by atoms with E-state index in [1.807, 2.05) is 0 Å². The van der Waals surface area contributed by atoms with Crippen molar-refractivity contribution in [3.63, 3.8) is 0 Å². The number of aliphatic hydroxyl groups excluding tert-OH is 2. The van der Waals surface area contributed by atoms with Crippen LogP contribution in [0.2, 0.25) is 0 Å². The molecule has 2 aliphatic rings. The highest BCUT2D eigenvalue weighted by Gasteiger charge is 2.51. The standard InChI is InChI=1S/C8H10O6/c9-4-5(10)7(12)14-8(2-1-3-8)13-6(4)11/h4-5,9-10H,1-3H2. The molecule has 2 fully saturated rings. The Hall–Kier alpha value is -1.14. The molecule has 0 aromatic heterocycles. The number of carbonyl (C=O) groups excluding carboxylic acids is 2. The molecule has 0 bridgehead atoms. The third-order valence-electron chi connectivity index (χ3n) is 2.47. The van der Waals surface area contributed by atoms with Crippen molar-refractivity contribution in [1.29, 1.82) is 0 Å². The van der Waals surface area contributed by atoms with Gasteiger partial charge >= 0.3 is 11.9 Å². The van der Waals surface area contributed by atoms with Gasteiger partial charge in [-0.1, -0.05) is 0 Å². The normalized spacial score (nSPS) is 35.6. The Morgan fingerprint density at radius 3 is 1.79 bits per heavy atom. The highest BCUT2D eigenvalue weighted by atomic mass is 16.7. The van der Waals surface area contributed by atoms with Crippen LogP contribution in [0.4, 0.5) is 0 Å². The number of rotatable bonds is 0. The lowest BCUT2D eigenvalue weighted by atomic mass is 9.91. The van der Waals surface area contributed by atoms with Gasteiger partial charge in [0.15, 0.2) is 12.2 Å². The summed E-state index contributed by atoms with van der Waals surface area (Å²) in [5, 5.41) is 18.2. The Kier molecular flexibility index (Phi) is 1.97. The van der Waals surface area contributed by atoms with Gasteiger partial charge in [0.25, 0.3) is 5.79 Å². The first kappa shape index (κ1) is 9.42. The lowest BCUT2D eigenvalue weighted by molar-refractivity contribution is -0.251. The highest BCUT2D eigenvalue weighted by Crippen LogP contribution is 2.38. The van der Waals surface area contributed by atoms with Crippen LogP contribution in [0.5, 0.6) is 0 Å². The quantitative estimate of drug-likeness (QED) is 0.474. The van der Waals surface area contributed by atoms with Gasteiger partial charge in [-0.05, 0) is 6.42 Å². The highest BCUT2D eigenvalue weighted by molar-refractivity contribution is 5.87. The minimum atomic E-state index is -1.84. The van der Waals surface area contributed by atoms with Crippen molar-refractivity contribution < 1.29 is 29.3 Å². The Labute approximate surface area is 79.4 Å². The van der Waals surface area contributed by atoms with E-state index in [9.17, 15) is 9.59 Å². The maximum atomic E-state index is 11.1. The molecule has 1 heterocycles. The van der Waals surface area contributed by atoms with Crippen LogP contribution in [0.25, 0.3) is 0 Å². The molecule has 1 aliphatic heterocycles. The molecule has 0 amide bonds. The molecule has 2 atom stereocenters. The van der Waals surface area contributed by atoms with Crippen LogP contribution in [0.1, 0.15) is 19.3 Å². The van der Waals surface area contributed by atoms with Crippen LogP contribution in [0.3, 0.4) is 0 Å². The molecule has 1 saturated heterocycles. The van der Waals surface area contributed by atoms with Gasteiger partial charge in [0, 0.05) is 12.8 Å². The van der Waals surface area contributed by atoms with Crippen molar-refractivity contribution in [1.82, 2.24) is 0 Å². The van der Waals surface area contributed by atoms with Crippen LogP contribution >= 0.6 is 0 Å². The molecule has 6 nitrogen and oxygen atoms in total. The summed E-state index contributed by atoms with van der Waals surface area (Å²) in [5.41, 5.74) is 0. The number of aliphatic hydroxyl groups is 2. The van der Waals surface area contributed by atoms with Crippen molar-refractivity contribution in [3.05, 3.63) is 0 Å². The van der Waals surface area contributed by atoms with E-state index in [4.69, 9.17) is 19.7 Å². The van der Waals surface area contributed by atoms with E-state index >= 15 is 0 Å². The first-order valence-corrected chi connectivity index (χ1v) is 4.36. The van der Waals surface area contributed by atoms with Gasteiger partial charge in [0.2, 0.25) is 0 Å². The molecule has 6 heteroatoms. The Balaban J connectivity index is 2.22. The second-order valence-corrected chi connectivity index (χ2v) is 3.50. The Bertz CT molecular complexity index is 258. The van der Waals surface area contributed by atoms with Gasteiger partial charge in [-0.15, -0.1) is 0 Å². The van der Waals surface area contributed by atoms with Crippen LogP contribution in [0.15, 0.2) is 0 Å². The van der Waals surface area contributed by atoms with Crippen molar-refractivity contribution in [2.45, 2.75) is 37.3 Å². The van der Waals surface area contributed by atoms with E-state index in [-0.39, 0.29) is 0 Å². The summed E-state index contributed by atoms with van der Waals surface area (Å²) in [6, 6.07) is 0. The van der Waals surface area contributed by atoms with Crippen molar-refractivity contribution in [3.8, 4) is 0 Å². The molecule has 0 radical (unpaired) electrons. The third-order valence-corrected chi connectivity index (χ3v) is 2.47. The Morgan fingerprint density at radius 1 is 1.07 bits per heavy atom. The molecule has 78 valence electrons. The van der Waals surface area contributed by atoms with E-state index in [1.165, 1.54) is 0 Å². The van der Waals surface area contributed by atoms with Gasteiger partial charge in [-0.2, -0.15) is 0 Å². The van der Waals surface area contributed by atoms with Crippen molar-refractivity contribution >= 4 is 11.9 Å². The zero-order chi connectivity index (χ0) is 10.3. The molecule has 0 aromatic rings. The predicted octanol–water partition coefficient (Wildman–Crippen LogP) is -1.31. The summed E-state index contributed by atoms with van der Waals surface area (Å²) in [6.45, 7) is 0. The van der Waals surface area contributed by atoms with Crippen LogP contribution in [-0.2, 0) is 19.1 Å². The summed E-state index contributed by atoms with van der Waals surface area (Å²) in [7, 11) is 0. The van der Waals surface area contributed by atoms with E-state index in [0.717, 1.165) is 6.42 Å². The molecular weight excluding hydrogens is 192 g/mol. The molecule has 0 aromatic carbocycles. The van der Waals surface area contributed by atoms with Gasteiger partial charge in [0.05, 0.1) is 0 Å². The molecule has 1 spiro atoms. The molecule has 2 rings (SSSR count). The van der Waals surface area contributed by atoms with Crippen LogP contribution in [0, 0.1) is 0 Å². The average molecular weight is 202 g/mol. The van der Waals surface area contributed by atoms with Crippen molar-refractivity contribution in [2.24, 2.45) is 0 Å². The summed E-state index contributed by atoms with van der Waals surface area (Å²) in [5.74, 6) is -3.25. The smallest absolute Gasteiger partial charge is 0.341 e. The first-order valence-electron chi connectivity index (χ1n) is 4.36. The summed E-state index contributed by atoms with van der Waals surface area (Å²) in [4.78, 5) is 22.2. The van der Waals surface area contributed by atoms with Gasteiger partial charge < -0.3 is 19.7 Å². The van der Waals surface area contributed by atoms with Gasteiger partial charge in [-0.25, -0.2) is 9.59 Å². The van der Waals surface area contributed by atoms with E-state index in [2.05, 4.69) is 0 Å². The lowest BCUT2D eigenvalue weighted by Crippen LogP contribution is -2.45. The summed E-state index contributed by atoms with van der Waals surface area (Å²) >= 11 is 0. The molecule has 1 saturated carbocycles. The van der Waals surface area contributed by atoms with Crippen LogP contribution < -0.4 is 0 Å². The van der Waals surface area contributed by atoms with Gasteiger partial charge in [0.1, 0.15) is 0 Å². The maximum Gasteiger partial charge on any atom is 0.341 e. The first-order chi connectivity index (χ1) is 6.54. The maximum absolute atomic E-state index is 11.1. The molecule has 2 unspecified atom stereocenters. The number of hydrogen-bond acceptors (Lipinski definition) is 6. The largest absolute Gasteiger partial charge is 0.420 e. The van der Waals surface area contributed by atoms with Crippen LogP contribution in [-0.4, -0.2) is 40.1 Å². The number of carbonyl (C=O) groups is 2. The fourth-order valence-corrected chi connectivity index (χ4v) is 1.44. The topological polar surface area (TPSA) is 93.1 Å². The van der Waals surface area contributed by atoms with Gasteiger partial charge in [-0.3, -0.25) is 0 Å². The zero-order valence-electron chi connectivity index (χ0n) is 7.30. The molecule has 14 heavy (non-hydrogen) atoms. The van der Waals surface area contributed by atoms with E-state index in [1.54, 1.807) is 0 Å². The number of esters is 2. The second-order valence-electron chi connectivity index (χ2n) is 3.50. The monoisotopic (exact) mass is 202 g/mol. The van der Waals surface area contributed by atoms with E-state index < -0.39 is 29.9 Å². The molecule has 2 N–H and O–H groups in total. The predicted molar refractivity (Wildman–Crippen MR) is 40.8 cm³/mol. The molecule has 1 aliphatic carbocycles. The minimum absolute atomic E-state index is 0.421. The lowest BCUT2D eigenvalue weighted by Gasteiger charge is -2.37. The fourth-order valence-electron chi connectivity index (χ4n) is 1.44. The zero-order valence-corrected chi connectivity index (χ0v) is 7.30. The van der Waals surface area contributed by atoms with E-state index in [0.29, 0.717) is 12.8 Å². The minimum Gasteiger partial charge on any atom is -0.420 e. The third kappa shape index (κ3) is 1.27. The summed E-state index contributed by atoms with van der Waals surface area (Å²) in [6.07, 6.45) is -2.06. The number of ether oxygens (including phenoxy) is 2.